The summed E-state index contributed by atoms with van der Waals surface area (Å²) in [7, 11) is 0. The molecular formula is C19H18N2O2. The van der Waals surface area contributed by atoms with E-state index in [4.69, 9.17) is 0 Å². The Balaban J connectivity index is 1.87. The fourth-order valence-corrected chi connectivity index (χ4v) is 2.41. The molecule has 0 spiro atoms. The second kappa shape index (κ2) is 6.48. The normalized spacial score (nSPS) is 10.7. The van der Waals surface area contributed by atoms with Gasteiger partial charge in [0.05, 0.1) is 5.69 Å². The third-order valence-corrected chi connectivity index (χ3v) is 3.83. The van der Waals surface area contributed by atoms with Gasteiger partial charge < -0.3 is 5.11 Å². The molecule has 2 aromatic carbocycles. The summed E-state index contributed by atoms with van der Waals surface area (Å²) in [5, 5.41) is 14.3. The molecule has 0 atom stereocenters. The van der Waals surface area contributed by atoms with E-state index in [1.165, 1.54) is 16.3 Å². The summed E-state index contributed by atoms with van der Waals surface area (Å²) in [6, 6.07) is 18.6. The third kappa shape index (κ3) is 3.48. The predicted octanol–water partition coefficient (Wildman–Crippen LogP) is 3.17. The number of hydrogen-bond acceptors (Lipinski definition) is 3. The molecule has 0 saturated heterocycles. The first kappa shape index (κ1) is 15.0. The van der Waals surface area contributed by atoms with Crippen molar-refractivity contribution in [1.29, 1.82) is 0 Å². The molecule has 0 aliphatic carbocycles. The monoisotopic (exact) mass is 306 g/mol. The van der Waals surface area contributed by atoms with Crippen LogP contribution in [0.5, 0.6) is 5.75 Å². The van der Waals surface area contributed by atoms with Crippen LogP contribution in [0.15, 0.2) is 65.5 Å². The Kier molecular flexibility index (Phi) is 4.24. The van der Waals surface area contributed by atoms with Gasteiger partial charge in [-0.05, 0) is 36.6 Å². The maximum Gasteiger partial charge on any atom is 0.266 e. The van der Waals surface area contributed by atoms with Crippen molar-refractivity contribution in [3.8, 4) is 17.0 Å². The van der Waals surface area contributed by atoms with E-state index in [9.17, 15) is 9.90 Å². The lowest BCUT2D eigenvalue weighted by atomic mass is 10.1. The molecule has 23 heavy (non-hydrogen) atoms. The summed E-state index contributed by atoms with van der Waals surface area (Å²) in [5.41, 5.74) is 3.32. The molecule has 116 valence electrons. The first-order chi connectivity index (χ1) is 11.1. The average Bonchev–Trinajstić information content (AvgIpc) is 2.57. The third-order valence-electron chi connectivity index (χ3n) is 3.83. The Morgan fingerprint density at radius 1 is 1.04 bits per heavy atom. The Morgan fingerprint density at radius 3 is 2.57 bits per heavy atom. The van der Waals surface area contributed by atoms with Gasteiger partial charge in [0.1, 0.15) is 5.75 Å². The molecule has 1 N–H and O–H groups in total. The standard InChI is InChI=1S/C19H18N2O2/c1-14-7-8-16(13-18(14)22)17-9-10-19(23)21(20-17)12-11-15-5-3-2-4-6-15/h2-10,13,22H,11-12H2,1H3. The minimum atomic E-state index is -0.124. The van der Waals surface area contributed by atoms with Crippen molar-refractivity contribution in [2.45, 2.75) is 19.9 Å². The maximum atomic E-state index is 12.0. The van der Waals surface area contributed by atoms with Gasteiger partial charge in [0, 0.05) is 18.2 Å². The van der Waals surface area contributed by atoms with Gasteiger partial charge in [0.2, 0.25) is 0 Å². The molecule has 1 heterocycles. The van der Waals surface area contributed by atoms with E-state index in [-0.39, 0.29) is 11.3 Å². The van der Waals surface area contributed by atoms with Crippen molar-refractivity contribution in [2.75, 3.05) is 0 Å². The Labute approximate surface area is 134 Å². The van der Waals surface area contributed by atoms with Crippen molar-refractivity contribution in [3.05, 3.63) is 82.1 Å². The average molecular weight is 306 g/mol. The van der Waals surface area contributed by atoms with E-state index in [0.29, 0.717) is 12.2 Å². The number of phenols is 1. The topological polar surface area (TPSA) is 55.1 Å². The molecule has 0 aliphatic rings. The SMILES string of the molecule is Cc1ccc(-c2ccc(=O)n(CCc3ccccc3)n2)cc1O. The van der Waals surface area contributed by atoms with Crippen molar-refractivity contribution in [2.24, 2.45) is 0 Å². The Morgan fingerprint density at radius 2 is 1.83 bits per heavy atom. The van der Waals surface area contributed by atoms with E-state index in [0.717, 1.165) is 17.5 Å². The number of aromatic hydroxyl groups is 1. The number of aromatic nitrogens is 2. The van der Waals surface area contributed by atoms with Gasteiger partial charge in [0.15, 0.2) is 0 Å². The number of hydrogen-bond donors (Lipinski definition) is 1. The van der Waals surface area contributed by atoms with Crippen LogP contribution in [0, 0.1) is 6.92 Å². The van der Waals surface area contributed by atoms with E-state index >= 15 is 0 Å². The fraction of sp³-hybridized carbons (Fsp3) is 0.158. The minimum Gasteiger partial charge on any atom is -0.508 e. The lowest BCUT2D eigenvalue weighted by Crippen LogP contribution is -2.23. The zero-order valence-corrected chi connectivity index (χ0v) is 12.9. The molecule has 0 aliphatic heterocycles. The van der Waals surface area contributed by atoms with Gasteiger partial charge in [-0.15, -0.1) is 0 Å². The summed E-state index contributed by atoms with van der Waals surface area (Å²) in [6.45, 7) is 2.36. The molecule has 1 aromatic heterocycles. The molecular weight excluding hydrogens is 288 g/mol. The number of nitrogens with zero attached hydrogens (tertiary/aromatic N) is 2. The Hall–Kier alpha value is -2.88. The van der Waals surface area contributed by atoms with Crippen LogP contribution in [0.2, 0.25) is 0 Å². The van der Waals surface area contributed by atoms with Crippen LogP contribution < -0.4 is 5.56 Å². The van der Waals surface area contributed by atoms with Gasteiger partial charge in [-0.3, -0.25) is 4.79 Å². The van der Waals surface area contributed by atoms with Crippen molar-refractivity contribution < 1.29 is 5.11 Å². The summed E-state index contributed by atoms with van der Waals surface area (Å²) in [5.74, 6) is 0.228. The molecule has 3 aromatic rings. The van der Waals surface area contributed by atoms with E-state index in [1.807, 2.05) is 49.4 Å². The summed E-state index contributed by atoms with van der Waals surface area (Å²) < 4.78 is 1.47. The first-order valence-corrected chi connectivity index (χ1v) is 7.55. The Bertz CT molecular complexity index is 870. The number of aryl methyl sites for hydroxylation is 3. The van der Waals surface area contributed by atoms with Crippen molar-refractivity contribution in [3.63, 3.8) is 0 Å². The second-order valence-corrected chi connectivity index (χ2v) is 5.52. The maximum absolute atomic E-state index is 12.0. The van der Waals surface area contributed by atoms with Gasteiger partial charge >= 0.3 is 0 Å². The van der Waals surface area contributed by atoms with Gasteiger partial charge in [-0.2, -0.15) is 5.10 Å². The predicted molar refractivity (Wildman–Crippen MR) is 90.5 cm³/mol. The summed E-state index contributed by atoms with van der Waals surface area (Å²) in [6.07, 6.45) is 0.746. The number of benzene rings is 2. The van der Waals surface area contributed by atoms with Crippen LogP contribution in [0.25, 0.3) is 11.3 Å². The molecule has 0 unspecified atom stereocenters. The van der Waals surface area contributed by atoms with Crippen LogP contribution in [-0.4, -0.2) is 14.9 Å². The molecule has 0 radical (unpaired) electrons. The van der Waals surface area contributed by atoms with Gasteiger partial charge in [0.25, 0.3) is 5.56 Å². The quantitative estimate of drug-likeness (QED) is 0.805. The van der Waals surface area contributed by atoms with E-state index in [2.05, 4.69) is 5.10 Å². The first-order valence-electron chi connectivity index (χ1n) is 7.55. The zero-order chi connectivity index (χ0) is 16.2. The highest BCUT2D eigenvalue weighted by atomic mass is 16.3. The van der Waals surface area contributed by atoms with Crippen LogP contribution in [0.4, 0.5) is 0 Å². The van der Waals surface area contributed by atoms with Crippen molar-refractivity contribution >= 4 is 0 Å². The van der Waals surface area contributed by atoms with Gasteiger partial charge in [-0.1, -0.05) is 42.5 Å². The van der Waals surface area contributed by atoms with Crippen LogP contribution >= 0.6 is 0 Å². The molecule has 0 amide bonds. The highest BCUT2D eigenvalue weighted by Crippen LogP contribution is 2.23. The minimum absolute atomic E-state index is 0.124. The lowest BCUT2D eigenvalue weighted by molar-refractivity contribution is 0.471. The molecule has 4 heteroatoms. The number of phenolic OH excluding ortho intramolecular Hbond substituents is 1. The molecule has 4 nitrogen and oxygen atoms in total. The smallest absolute Gasteiger partial charge is 0.266 e. The van der Waals surface area contributed by atoms with E-state index < -0.39 is 0 Å². The van der Waals surface area contributed by atoms with Crippen molar-refractivity contribution in [1.82, 2.24) is 9.78 Å². The van der Waals surface area contributed by atoms with Crippen LogP contribution in [0.1, 0.15) is 11.1 Å². The molecule has 0 fully saturated rings. The highest BCUT2D eigenvalue weighted by molar-refractivity contribution is 5.61. The van der Waals surface area contributed by atoms with Crippen LogP contribution in [-0.2, 0) is 13.0 Å². The van der Waals surface area contributed by atoms with Crippen LogP contribution in [0.3, 0.4) is 0 Å². The van der Waals surface area contributed by atoms with Gasteiger partial charge in [-0.25, -0.2) is 4.68 Å². The highest BCUT2D eigenvalue weighted by Gasteiger charge is 2.06. The molecule has 3 rings (SSSR count). The van der Waals surface area contributed by atoms with E-state index in [1.54, 1.807) is 12.1 Å². The zero-order valence-electron chi connectivity index (χ0n) is 12.9. The second-order valence-electron chi connectivity index (χ2n) is 5.52. The molecule has 0 saturated carbocycles. The largest absolute Gasteiger partial charge is 0.508 e. The fourth-order valence-electron chi connectivity index (χ4n) is 2.41. The lowest BCUT2D eigenvalue weighted by Gasteiger charge is -2.08. The summed E-state index contributed by atoms with van der Waals surface area (Å²) >= 11 is 0. The molecule has 0 bridgehead atoms. The number of rotatable bonds is 4. The summed E-state index contributed by atoms with van der Waals surface area (Å²) in [4.78, 5) is 12.0.